The maximum absolute atomic E-state index is 13.7. The van der Waals surface area contributed by atoms with Crippen LogP contribution in [0, 0.1) is 17.5 Å². The quantitative estimate of drug-likeness (QED) is 0.706. The summed E-state index contributed by atoms with van der Waals surface area (Å²) in [6, 6.07) is 8.78. The van der Waals surface area contributed by atoms with Crippen molar-refractivity contribution >= 4 is 11.7 Å². The van der Waals surface area contributed by atoms with E-state index in [0.29, 0.717) is 44.2 Å². The molecule has 11 heteroatoms. The number of nitrogens with zero attached hydrogens (tertiary/aromatic N) is 6. The normalized spacial score (nSPS) is 14.7. The average Bonchev–Trinajstić information content (AvgIpc) is 3.19. The summed E-state index contributed by atoms with van der Waals surface area (Å²) < 4.78 is 42.4. The van der Waals surface area contributed by atoms with Gasteiger partial charge in [-0.25, -0.2) is 18.0 Å². The lowest BCUT2D eigenvalue weighted by atomic mass is 10.3. The van der Waals surface area contributed by atoms with Gasteiger partial charge in [-0.1, -0.05) is 12.1 Å². The van der Waals surface area contributed by atoms with E-state index in [4.69, 9.17) is 0 Å². The van der Waals surface area contributed by atoms with E-state index in [-0.39, 0.29) is 5.82 Å². The van der Waals surface area contributed by atoms with Crippen LogP contribution in [0.2, 0.25) is 0 Å². The predicted molar refractivity (Wildman–Crippen MR) is 101 cm³/mol. The molecular formula is C19H18F3N7O. The summed E-state index contributed by atoms with van der Waals surface area (Å²) >= 11 is 0. The molecule has 1 aliphatic rings. The molecule has 0 radical (unpaired) electrons. The van der Waals surface area contributed by atoms with Crippen molar-refractivity contribution in [1.29, 1.82) is 0 Å². The molecule has 0 atom stereocenters. The molecule has 2 aromatic carbocycles. The number of hydrogen-bond donors (Lipinski definition) is 1. The van der Waals surface area contributed by atoms with Gasteiger partial charge in [0.25, 0.3) is 0 Å². The van der Waals surface area contributed by atoms with Gasteiger partial charge in [0.05, 0.1) is 12.2 Å². The molecule has 1 N–H and O–H groups in total. The zero-order valence-electron chi connectivity index (χ0n) is 15.8. The Hall–Kier alpha value is -3.47. The summed E-state index contributed by atoms with van der Waals surface area (Å²) in [4.78, 5) is 15.9. The molecule has 0 aliphatic carbocycles. The highest BCUT2D eigenvalue weighted by Crippen LogP contribution is 2.19. The lowest BCUT2D eigenvalue weighted by Gasteiger charge is -2.34. The number of para-hydroxylation sites is 1. The molecule has 3 aromatic rings. The molecule has 1 aromatic heterocycles. The first-order chi connectivity index (χ1) is 14.5. The van der Waals surface area contributed by atoms with Gasteiger partial charge < -0.3 is 10.2 Å². The van der Waals surface area contributed by atoms with Crippen molar-refractivity contribution in [2.45, 2.75) is 6.54 Å². The van der Waals surface area contributed by atoms with Gasteiger partial charge in [0.1, 0.15) is 23.1 Å². The number of carbonyl (C=O) groups excluding carboxylic acids is 1. The van der Waals surface area contributed by atoms with Gasteiger partial charge in [-0.3, -0.25) is 4.90 Å². The number of rotatable bonds is 4. The van der Waals surface area contributed by atoms with E-state index in [0.717, 1.165) is 12.1 Å². The number of urea groups is 1. The van der Waals surface area contributed by atoms with E-state index in [1.54, 1.807) is 12.1 Å². The van der Waals surface area contributed by atoms with Crippen LogP contribution in [0.25, 0.3) is 5.69 Å². The van der Waals surface area contributed by atoms with Gasteiger partial charge in [-0.2, -0.15) is 4.68 Å². The van der Waals surface area contributed by atoms with Crippen LogP contribution in [0.3, 0.4) is 0 Å². The number of nitrogens with one attached hydrogen (secondary N) is 1. The molecule has 1 fully saturated rings. The van der Waals surface area contributed by atoms with Crippen molar-refractivity contribution in [2.75, 3.05) is 31.5 Å². The topological polar surface area (TPSA) is 79.2 Å². The van der Waals surface area contributed by atoms with Crippen molar-refractivity contribution < 1.29 is 18.0 Å². The minimum Gasteiger partial charge on any atom is -0.322 e. The molecule has 30 heavy (non-hydrogen) atoms. The molecule has 0 bridgehead atoms. The first-order valence-electron chi connectivity index (χ1n) is 9.27. The highest BCUT2D eigenvalue weighted by atomic mass is 19.1. The third-order valence-electron chi connectivity index (χ3n) is 4.81. The maximum atomic E-state index is 13.7. The smallest absolute Gasteiger partial charge is 0.322 e. The number of benzene rings is 2. The zero-order chi connectivity index (χ0) is 21.1. The van der Waals surface area contributed by atoms with E-state index < -0.39 is 23.4 Å². The van der Waals surface area contributed by atoms with Crippen LogP contribution in [0.5, 0.6) is 0 Å². The van der Waals surface area contributed by atoms with Crippen molar-refractivity contribution in [1.82, 2.24) is 30.0 Å². The lowest BCUT2D eigenvalue weighted by Crippen LogP contribution is -2.49. The molecule has 0 unspecified atom stereocenters. The Morgan fingerprint density at radius 2 is 1.70 bits per heavy atom. The Labute approximate surface area is 169 Å². The summed E-state index contributed by atoms with van der Waals surface area (Å²) in [7, 11) is 0. The summed E-state index contributed by atoms with van der Waals surface area (Å²) in [6.07, 6.45) is 0. The Balaban J connectivity index is 1.36. The van der Waals surface area contributed by atoms with Gasteiger partial charge in [0.2, 0.25) is 0 Å². The van der Waals surface area contributed by atoms with Gasteiger partial charge in [0.15, 0.2) is 5.82 Å². The molecule has 0 spiro atoms. The van der Waals surface area contributed by atoms with Crippen LogP contribution in [0.15, 0.2) is 42.5 Å². The summed E-state index contributed by atoms with van der Waals surface area (Å²) in [6.45, 7) is 2.17. The number of piperazine rings is 1. The van der Waals surface area contributed by atoms with E-state index >= 15 is 0 Å². The number of amides is 2. The van der Waals surface area contributed by atoms with E-state index in [2.05, 4.69) is 20.8 Å². The molecule has 4 rings (SSSR count). The standard InChI is InChI=1S/C19H18F3N7O/c20-13-3-1-4-14(11-13)29-17(24-25-26-29)12-27-7-9-28(10-8-27)19(30)23-18-15(21)5-2-6-16(18)22/h1-6,11H,7-10,12H2,(H,23,30). The molecule has 8 nitrogen and oxygen atoms in total. The molecule has 1 aliphatic heterocycles. The summed E-state index contributed by atoms with van der Waals surface area (Å²) in [5.74, 6) is -1.51. The van der Waals surface area contributed by atoms with Crippen molar-refractivity contribution in [3.63, 3.8) is 0 Å². The second kappa shape index (κ2) is 8.49. The number of tetrazole rings is 1. The monoisotopic (exact) mass is 417 g/mol. The molecule has 156 valence electrons. The van der Waals surface area contributed by atoms with Crippen molar-refractivity contribution in [3.8, 4) is 5.69 Å². The number of aromatic nitrogens is 4. The number of anilines is 1. The lowest BCUT2D eigenvalue weighted by molar-refractivity contribution is 0.140. The van der Waals surface area contributed by atoms with Crippen LogP contribution in [0.4, 0.5) is 23.7 Å². The highest BCUT2D eigenvalue weighted by molar-refractivity contribution is 5.89. The number of halogens is 3. The second-order valence-corrected chi connectivity index (χ2v) is 6.78. The number of hydrogen-bond acceptors (Lipinski definition) is 5. The zero-order valence-corrected chi connectivity index (χ0v) is 15.8. The van der Waals surface area contributed by atoms with E-state index in [1.165, 1.54) is 27.8 Å². The third-order valence-corrected chi connectivity index (χ3v) is 4.81. The van der Waals surface area contributed by atoms with Crippen molar-refractivity contribution in [3.05, 3.63) is 65.7 Å². The van der Waals surface area contributed by atoms with Gasteiger partial charge >= 0.3 is 6.03 Å². The molecule has 2 heterocycles. The first-order valence-corrected chi connectivity index (χ1v) is 9.27. The highest BCUT2D eigenvalue weighted by Gasteiger charge is 2.24. The van der Waals surface area contributed by atoms with Crippen LogP contribution in [0.1, 0.15) is 5.82 Å². The van der Waals surface area contributed by atoms with Crippen LogP contribution >= 0.6 is 0 Å². The SMILES string of the molecule is O=C(Nc1c(F)cccc1F)N1CCN(Cc2nnnn2-c2cccc(F)c2)CC1. The Morgan fingerprint density at radius 3 is 2.40 bits per heavy atom. The largest absolute Gasteiger partial charge is 0.322 e. The van der Waals surface area contributed by atoms with Crippen LogP contribution in [-0.2, 0) is 6.54 Å². The summed E-state index contributed by atoms with van der Waals surface area (Å²) in [5.41, 5.74) is 0.0547. The molecule has 0 saturated carbocycles. The minimum atomic E-state index is -0.828. The summed E-state index contributed by atoms with van der Waals surface area (Å²) in [5, 5.41) is 13.9. The van der Waals surface area contributed by atoms with Gasteiger partial charge in [-0.05, 0) is 40.8 Å². The molecule has 1 saturated heterocycles. The van der Waals surface area contributed by atoms with E-state index in [9.17, 15) is 18.0 Å². The fourth-order valence-electron chi connectivity index (χ4n) is 3.23. The van der Waals surface area contributed by atoms with Gasteiger partial charge in [-0.15, -0.1) is 5.10 Å². The average molecular weight is 417 g/mol. The first kappa shape index (κ1) is 19.8. The molecular weight excluding hydrogens is 399 g/mol. The second-order valence-electron chi connectivity index (χ2n) is 6.78. The van der Waals surface area contributed by atoms with Crippen molar-refractivity contribution in [2.24, 2.45) is 0 Å². The minimum absolute atomic E-state index is 0.365. The van der Waals surface area contributed by atoms with Crippen LogP contribution in [-0.4, -0.2) is 62.2 Å². The van der Waals surface area contributed by atoms with Gasteiger partial charge in [0, 0.05) is 26.2 Å². The van der Waals surface area contributed by atoms with Crippen LogP contribution < -0.4 is 5.32 Å². The Kier molecular flexibility index (Phi) is 5.61. The fraction of sp³-hybridized carbons (Fsp3) is 0.263. The maximum Gasteiger partial charge on any atom is 0.322 e. The fourth-order valence-corrected chi connectivity index (χ4v) is 3.23. The predicted octanol–water partition coefficient (Wildman–Crippen LogP) is 2.43. The number of carbonyl (C=O) groups is 1. The van der Waals surface area contributed by atoms with E-state index in [1.807, 2.05) is 4.90 Å². The Morgan fingerprint density at radius 1 is 1.00 bits per heavy atom. The Bertz CT molecular complexity index is 1030. The molecule has 2 amide bonds. The third kappa shape index (κ3) is 4.25.